The molecule has 0 aliphatic heterocycles. The molecule has 0 radical (unpaired) electrons. The van der Waals surface area contributed by atoms with Crippen LogP contribution in [0.3, 0.4) is 0 Å². The van der Waals surface area contributed by atoms with Crippen molar-refractivity contribution in [2.45, 2.75) is 25.4 Å². The Balaban J connectivity index is 2.40. The molecule has 0 saturated heterocycles. The quantitative estimate of drug-likeness (QED) is 0.728. The lowest BCUT2D eigenvalue weighted by Gasteiger charge is -2.13. The van der Waals surface area contributed by atoms with Gasteiger partial charge in [0.25, 0.3) is 0 Å². The fourth-order valence-corrected chi connectivity index (χ4v) is 1.90. The van der Waals surface area contributed by atoms with E-state index in [4.69, 9.17) is 0 Å². The molecule has 1 nitrogen and oxygen atoms in total. The number of benzene rings is 1. The average molecular weight is 240 g/mol. The second-order valence-electron chi connectivity index (χ2n) is 4.01. The second-order valence-corrected chi connectivity index (χ2v) is 4.01. The van der Waals surface area contributed by atoms with Crippen LogP contribution < -0.4 is 0 Å². The van der Waals surface area contributed by atoms with Crippen molar-refractivity contribution in [3.63, 3.8) is 0 Å². The summed E-state index contributed by atoms with van der Waals surface area (Å²) >= 11 is 0. The summed E-state index contributed by atoms with van der Waals surface area (Å²) in [6.45, 7) is 0. The first-order chi connectivity index (χ1) is 7.98. The zero-order valence-corrected chi connectivity index (χ0v) is 9.05. The van der Waals surface area contributed by atoms with Gasteiger partial charge in [-0.25, -0.2) is 0 Å². The summed E-state index contributed by atoms with van der Waals surface area (Å²) in [6.07, 6.45) is -0.698. The Morgan fingerprint density at radius 1 is 1.18 bits per heavy atom. The first-order valence-electron chi connectivity index (χ1n) is 5.39. The van der Waals surface area contributed by atoms with Crippen LogP contribution in [0, 0.1) is 0 Å². The minimum absolute atomic E-state index is 0.0735. The van der Waals surface area contributed by atoms with Gasteiger partial charge in [0.05, 0.1) is 5.56 Å². The van der Waals surface area contributed by atoms with Gasteiger partial charge in [0, 0.05) is 12.0 Å². The van der Waals surface area contributed by atoms with Crippen LogP contribution in [0.2, 0.25) is 0 Å². The minimum Gasteiger partial charge on any atom is -0.294 e. The number of rotatable bonds is 1. The number of allylic oxidation sites excluding steroid dienone is 2. The Morgan fingerprint density at radius 3 is 2.59 bits per heavy atom. The molecule has 17 heavy (non-hydrogen) atoms. The van der Waals surface area contributed by atoms with Crippen LogP contribution in [0.5, 0.6) is 0 Å². The van der Waals surface area contributed by atoms with E-state index in [1.165, 1.54) is 6.07 Å². The van der Waals surface area contributed by atoms with Crippen LogP contribution >= 0.6 is 0 Å². The molecule has 1 aliphatic rings. The van der Waals surface area contributed by atoms with E-state index >= 15 is 0 Å². The third kappa shape index (κ3) is 2.57. The van der Waals surface area contributed by atoms with E-state index in [9.17, 15) is 18.0 Å². The summed E-state index contributed by atoms with van der Waals surface area (Å²) < 4.78 is 37.6. The van der Waals surface area contributed by atoms with E-state index in [1.54, 1.807) is 12.1 Å². The molecule has 1 aliphatic carbocycles. The molecule has 1 aromatic carbocycles. The molecule has 0 spiro atoms. The van der Waals surface area contributed by atoms with Crippen molar-refractivity contribution in [2.24, 2.45) is 0 Å². The van der Waals surface area contributed by atoms with Crippen molar-refractivity contribution in [3.8, 4) is 0 Å². The molecule has 0 heterocycles. The molecule has 0 fully saturated rings. The molecule has 0 saturated carbocycles. The number of carbonyl (C=O) groups excluding carboxylic acids is 1. The number of carbonyl (C=O) groups is 1. The van der Waals surface area contributed by atoms with Crippen LogP contribution in [-0.4, -0.2) is 5.78 Å². The highest BCUT2D eigenvalue weighted by Gasteiger charge is 2.31. The number of hydrogen-bond donors (Lipinski definition) is 0. The predicted octanol–water partition coefficient (Wildman–Crippen LogP) is 3.84. The molecule has 4 heteroatoms. The Labute approximate surface area is 96.9 Å². The van der Waals surface area contributed by atoms with Gasteiger partial charge in [-0.1, -0.05) is 18.2 Å². The van der Waals surface area contributed by atoms with E-state index in [1.807, 2.05) is 0 Å². The zero-order chi connectivity index (χ0) is 12.5. The lowest BCUT2D eigenvalue weighted by Crippen LogP contribution is -2.09. The Hall–Kier alpha value is -1.58. The summed E-state index contributed by atoms with van der Waals surface area (Å²) in [4.78, 5) is 11.6. The summed E-state index contributed by atoms with van der Waals surface area (Å²) in [5, 5.41) is 0. The summed E-state index contributed by atoms with van der Waals surface area (Å²) in [5.74, 6) is -0.0735. The van der Waals surface area contributed by atoms with E-state index in [2.05, 4.69) is 0 Å². The standard InChI is InChI=1S/C13H11F3O/c14-13(15,16)10-5-3-4-9(8-10)11-6-1-2-7-12(11)17/h3-6,8H,1-2,7H2. The smallest absolute Gasteiger partial charge is 0.294 e. The summed E-state index contributed by atoms with van der Waals surface area (Å²) in [7, 11) is 0. The van der Waals surface area contributed by atoms with Gasteiger partial charge >= 0.3 is 6.18 Å². The highest BCUT2D eigenvalue weighted by molar-refractivity contribution is 6.21. The lowest BCUT2D eigenvalue weighted by molar-refractivity contribution is -0.137. The van der Waals surface area contributed by atoms with Crippen molar-refractivity contribution in [1.82, 2.24) is 0 Å². The second kappa shape index (κ2) is 4.35. The molecule has 0 aromatic heterocycles. The number of alkyl halides is 3. The normalized spacial score (nSPS) is 16.9. The fraction of sp³-hybridized carbons (Fsp3) is 0.308. The van der Waals surface area contributed by atoms with Crippen molar-refractivity contribution in [2.75, 3.05) is 0 Å². The number of Topliss-reactive ketones (excluding diaryl/α,β-unsaturated/α-hetero) is 1. The van der Waals surface area contributed by atoms with E-state index < -0.39 is 11.7 Å². The maximum Gasteiger partial charge on any atom is 0.416 e. The third-order valence-corrected chi connectivity index (χ3v) is 2.76. The van der Waals surface area contributed by atoms with E-state index in [0.29, 0.717) is 17.6 Å². The highest BCUT2D eigenvalue weighted by atomic mass is 19.4. The first-order valence-corrected chi connectivity index (χ1v) is 5.39. The van der Waals surface area contributed by atoms with Crippen LogP contribution in [0.15, 0.2) is 30.3 Å². The number of ketones is 1. The molecule has 1 aromatic rings. The molecular weight excluding hydrogens is 229 g/mol. The van der Waals surface area contributed by atoms with Crippen molar-refractivity contribution in [3.05, 3.63) is 41.5 Å². The minimum atomic E-state index is -4.37. The third-order valence-electron chi connectivity index (χ3n) is 2.76. The van der Waals surface area contributed by atoms with Crippen LogP contribution in [0.1, 0.15) is 30.4 Å². The Morgan fingerprint density at radius 2 is 1.94 bits per heavy atom. The van der Waals surface area contributed by atoms with Gasteiger partial charge in [-0.15, -0.1) is 0 Å². The average Bonchev–Trinajstić information content (AvgIpc) is 2.29. The van der Waals surface area contributed by atoms with E-state index in [0.717, 1.165) is 25.0 Å². The predicted molar refractivity (Wildman–Crippen MR) is 58.3 cm³/mol. The first kappa shape index (κ1) is 11.9. The number of halogens is 3. The highest BCUT2D eigenvalue weighted by Crippen LogP contribution is 2.32. The van der Waals surface area contributed by atoms with Gasteiger partial charge in [0.15, 0.2) is 5.78 Å². The Bertz CT molecular complexity index is 472. The van der Waals surface area contributed by atoms with Gasteiger partial charge in [0.1, 0.15) is 0 Å². The van der Waals surface area contributed by atoms with Crippen molar-refractivity contribution < 1.29 is 18.0 Å². The molecule has 0 atom stereocenters. The summed E-state index contributed by atoms with van der Waals surface area (Å²) in [6, 6.07) is 4.93. The maximum absolute atomic E-state index is 12.5. The molecule has 0 amide bonds. The molecule has 0 N–H and O–H groups in total. The van der Waals surface area contributed by atoms with Crippen molar-refractivity contribution in [1.29, 1.82) is 0 Å². The van der Waals surface area contributed by atoms with Gasteiger partial charge in [-0.2, -0.15) is 13.2 Å². The van der Waals surface area contributed by atoms with Gasteiger partial charge in [0.2, 0.25) is 0 Å². The van der Waals surface area contributed by atoms with Crippen LogP contribution in [0.25, 0.3) is 5.57 Å². The van der Waals surface area contributed by atoms with Crippen LogP contribution in [-0.2, 0) is 11.0 Å². The van der Waals surface area contributed by atoms with Gasteiger partial charge in [-0.3, -0.25) is 4.79 Å². The van der Waals surface area contributed by atoms with Crippen LogP contribution in [0.4, 0.5) is 13.2 Å². The molecule has 0 unspecified atom stereocenters. The molecule has 2 rings (SSSR count). The Kier molecular flexibility index (Phi) is 3.05. The monoisotopic (exact) mass is 240 g/mol. The number of hydrogen-bond acceptors (Lipinski definition) is 1. The van der Waals surface area contributed by atoms with Gasteiger partial charge in [-0.05, 0) is 30.5 Å². The van der Waals surface area contributed by atoms with Gasteiger partial charge < -0.3 is 0 Å². The molecular formula is C13H11F3O. The topological polar surface area (TPSA) is 17.1 Å². The molecule has 90 valence electrons. The fourth-order valence-electron chi connectivity index (χ4n) is 1.90. The maximum atomic E-state index is 12.5. The van der Waals surface area contributed by atoms with Crippen molar-refractivity contribution >= 4 is 11.4 Å². The SMILES string of the molecule is O=C1CCCC=C1c1cccc(C(F)(F)F)c1. The lowest BCUT2D eigenvalue weighted by atomic mass is 9.91. The largest absolute Gasteiger partial charge is 0.416 e. The zero-order valence-electron chi connectivity index (χ0n) is 9.05. The summed E-state index contributed by atoms with van der Waals surface area (Å²) in [5.41, 5.74) is 0.0705. The molecule has 0 bridgehead atoms. The van der Waals surface area contributed by atoms with E-state index in [-0.39, 0.29) is 5.78 Å².